The van der Waals surface area contributed by atoms with Gasteiger partial charge in [-0.25, -0.2) is 13.8 Å². The smallest absolute Gasteiger partial charge is 0.307 e. The third-order valence-electron chi connectivity index (χ3n) is 6.71. The highest BCUT2D eigenvalue weighted by atomic mass is 19.1. The number of hydrogen-bond acceptors (Lipinski definition) is 5. The van der Waals surface area contributed by atoms with E-state index >= 15 is 0 Å². The first-order chi connectivity index (χ1) is 15.8. The van der Waals surface area contributed by atoms with Crippen LogP contribution in [-0.2, 0) is 4.79 Å². The van der Waals surface area contributed by atoms with E-state index in [0.717, 1.165) is 31.5 Å². The standard InChI is InChI=1S/C24H30F2N4O3/c1-29(2)24(32)18-14-30(16-6-4-3-5-7-16)11-10-20(18)28-22(31)23-27-13-21(33-23)17-9-8-15(25)12-19(17)26/h8-9,12-13,16,18,20H,3-7,10-11,14H2,1-2H3,(H,28,31)/t18-,20-/m1/s1. The van der Waals surface area contributed by atoms with Gasteiger partial charge in [0.25, 0.3) is 5.89 Å². The van der Waals surface area contributed by atoms with Gasteiger partial charge in [0.15, 0.2) is 5.76 Å². The van der Waals surface area contributed by atoms with E-state index in [2.05, 4.69) is 15.2 Å². The number of carbonyl (C=O) groups is 2. The highest BCUT2D eigenvalue weighted by Gasteiger charge is 2.39. The van der Waals surface area contributed by atoms with Gasteiger partial charge in [0.05, 0.1) is 17.7 Å². The molecule has 2 heterocycles. The zero-order chi connectivity index (χ0) is 23.5. The second-order valence-electron chi connectivity index (χ2n) is 9.15. The molecule has 2 atom stereocenters. The van der Waals surface area contributed by atoms with Crippen LogP contribution in [0.2, 0.25) is 0 Å². The Morgan fingerprint density at radius 1 is 1.15 bits per heavy atom. The van der Waals surface area contributed by atoms with Crippen LogP contribution in [0.5, 0.6) is 0 Å². The van der Waals surface area contributed by atoms with Gasteiger partial charge in [-0.3, -0.25) is 14.5 Å². The molecule has 1 saturated heterocycles. The zero-order valence-corrected chi connectivity index (χ0v) is 19.0. The van der Waals surface area contributed by atoms with Crippen LogP contribution >= 0.6 is 0 Å². The maximum atomic E-state index is 14.0. The van der Waals surface area contributed by atoms with Crippen LogP contribution in [0.4, 0.5) is 8.78 Å². The molecular formula is C24H30F2N4O3. The maximum absolute atomic E-state index is 14.0. The minimum atomic E-state index is -0.801. The molecule has 1 aliphatic heterocycles. The lowest BCUT2D eigenvalue weighted by atomic mass is 9.86. The molecule has 1 aliphatic carbocycles. The Bertz CT molecular complexity index is 1000. The Kier molecular flexibility index (Phi) is 7.07. The summed E-state index contributed by atoms with van der Waals surface area (Å²) in [5.74, 6) is -2.65. The van der Waals surface area contributed by atoms with Crippen LogP contribution < -0.4 is 5.32 Å². The quantitative estimate of drug-likeness (QED) is 0.739. The van der Waals surface area contributed by atoms with Gasteiger partial charge >= 0.3 is 5.91 Å². The van der Waals surface area contributed by atoms with E-state index in [1.165, 1.54) is 31.5 Å². The minimum absolute atomic E-state index is 0.0180. The summed E-state index contributed by atoms with van der Waals surface area (Å²) in [6, 6.07) is 3.23. The lowest BCUT2D eigenvalue weighted by Crippen LogP contribution is -2.57. The number of piperidine rings is 1. The van der Waals surface area contributed by atoms with Crippen LogP contribution in [0.25, 0.3) is 11.3 Å². The minimum Gasteiger partial charge on any atom is -0.432 e. The van der Waals surface area contributed by atoms with Gasteiger partial charge in [0, 0.05) is 45.3 Å². The molecule has 0 unspecified atom stereocenters. The molecule has 1 N–H and O–H groups in total. The van der Waals surface area contributed by atoms with E-state index < -0.39 is 17.5 Å². The van der Waals surface area contributed by atoms with Crippen molar-refractivity contribution >= 4 is 11.8 Å². The van der Waals surface area contributed by atoms with E-state index in [1.54, 1.807) is 19.0 Å². The highest BCUT2D eigenvalue weighted by Crippen LogP contribution is 2.29. The predicted octanol–water partition coefficient (Wildman–Crippen LogP) is 3.46. The first-order valence-electron chi connectivity index (χ1n) is 11.5. The normalized spacial score (nSPS) is 22.2. The Morgan fingerprint density at radius 3 is 2.61 bits per heavy atom. The molecular weight excluding hydrogens is 430 g/mol. The summed E-state index contributed by atoms with van der Waals surface area (Å²) in [4.78, 5) is 33.7. The number of hydrogen-bond donors (Lipinski definition) is 1. The molecule has 2 aliphatic rings. The second-order valence-corrected chi connectivity index (χ2v) is 9.15. The first-order valence-corrected chi connectivity index (χ1v) is 11.5. The van der Waals surface area contributed by atoms with Gasteiger partial charge in [-0.05, 0) is 31.4 Å². The third-order valence-corrected chi connectivity index (χ3v) is 6.71. The molecule has 4 rings (SSSR count). The van der Waals surface area contributed by atoms with Crippen molar-refractivity contribution in [3.8, 4) is 11.3 Å². The number of oxazole rings is 1. The second kappa shape index (κ2) is 9.99. The van der Waals surface area contributed by atoms with Crippen molar-refractivity contribution in [2.24, 2.45) is 5.92 Å². The molecule has 7 nitrogen and oxygen atoms in total. The third kappa shape index (κ3) is 5.24. The van der Waals surface area contributed by atoms with Crippen LogP contribution in [0, 0.1) is 17.6 Å². The number of halogens is 2. The maximum Gasteiger partial charge on any atom is 0.307 e. The highest BCUT2D eigenvalue weighted by molar-refractivity contribution is 5.91. The fourth-order valence-corrected chi connectivity index (χ4v) is 4.93. The van der Waals surface area contributed by atoms with Gasteiger partial charge in [0.1, 0.15) is 11.6 Å². The zero-order valence-electron chi connectivity index (χ0n) is 19.0. The fraction of sp³-hybridized carbons (Fsp3) is 0.542. The topological polar surface area (TPSA) is 78.7 Å². The number of amides is 2. The van der Waals surface area contributed by atoms with Crippen molar-refractivity contribution in [1.29, 1.82) is 0 Å². The molecule has 2 amide bonds. The van der Waals surface area contributed by atoms with Crippen molar-refractivity contribution in [2.45, 2.75) is 50.6 Å². The number of rotatable bonds is 5. The SMILES string of the molecule is CN(C)C(=O)[C@@H]1CN(C2CCCCC2)CC[C@H]1NC(=O)c1ncc(-c2ccc(F)cc2F)o1. The summed E-state index contributed by atoms with van der Waals surface area (Å²) in [5, 5.41) is 2.91. The molecule has 0 bridgehead atoms. The van der Waals surface area contributed by atoms with Gasteiger partial charge in [-0.1, -0.05) is 19.3 Å². The van der Waals surface area contributed by atoms with Crippen LogP contribution in [0.15, 0.2) is 28.8 Å². The number of benzene rings is 1. The van der Waals surface area contributed by atoms with Crippen LogP contribution in [-0.4, -0.2) is 65.9 Å². The molecule has 178 valence electrons. The first kappa shape index (κ1) is 23.4. The predicted molar refractivity (Wildman–Crippen MR) is 118 cm³/mol. The van der Waals surface area contributed by atoms with Crippen molar-refractivity contribution in [1.82, 2.24) is 20.1 Å². The molecule has 0 spiro atoms. The average molecular weight is 461 g/mol. The monoisotopic (exact) mass is 460 g/mol. The number of aromatic nitrogens is 1. The largest absolute Gasteiger partial charge is 0.432 e. The number of nitrogens with one attached hydrogen (secondary N) is 1. The van der Waals surface area contributed by atoms with Crippen LogP contribution in [0.1, 0.15) is 49.2 Å². The number of likely N-dealkylation sites (tertiary alicyclic amines) is 1. The Morgan fingerprint density at radius 2 is 1.91 bits per heavy atom. The van der Waals surface area contributed by atoms with Crippen LogP contribution in [0.3, 0.4) is 0 Å². The summed E-state index contributed by atoms with van der Waals surface area (Å²) in [6.45, 7) is 1.41. The molecule has 2 fully saturated rings. The Labute approximate surface area is 192 Å². The summed E-state index contributed by atoms with van der Waals surface area (Å²) in [5.41, 5.74) is 0.0180. The Balaban J connectivity index is 1.47. The van der Waals surface area contributed by atoms with E-state index in [4.69, 9.17) is 4.42 Å². The molecule has 2 aromatic rings. The molecule has 1 aromatic heterocycles. The van der Waals surface area contributed by atoms with Gasteiger partial charge in [0.2, 0.25) is 5.91 Å². The van der Waals surface area contributed by atoms with Crippen molar-refractivity contribution in [3.05, 3.63) is 41.9 Å². The fourth-order valence-electron chi connectivity index (χ4n) is 4.93. The lowest BCUT2D eigenvalue weighted by Gasteiger charge is -2.43. The lowest BCUT2D eigenvalue weighted by molar-refractivity contribution is -0.136. The molecule has 0 radical (unpaired) electrons. The summed E-state index contributed by atoms with van der Waals surface area (Å²) in [6.07, 6.45) is 7.89. The van der Waals surface area contributed by atoms with Gasteiger partial charge in [-0.15, -0.1) is 0 Å². The summed E-state index contributed by atoms with van der Waals surface area (Å²) >= 11 is 0. The van der Waals surface area contributed by atoms with Gasteiger partial charge < -0.3 is 14.6 Å². The molecule has 1 saturated carbocycles. The summed E-state index contributed by atoms with van der Waals surface area (Å²) in [7, 11) is 3.44. The number of carbonyl (C=O) groups excluding carboxylic acids is 2. The van der Waals surface area contributed by atoms with Crippen molar-refractivity contribution in [2.75, 3.05) is 27.2 Å². The Hall–Kier alpha value is -2.81. The van der Waals surface area contributed by atoms with E-state index in [9.17, 15) is 18.4 Å². The van der Waals surface area contributed by atoms with Crippen molar-refractivity contribution < 1.29 is 22.8 Å². The molecule has 1 aromatic carbocycles. The van der Waals surface area contributed by atoms with E-state index in [0.29, 0.717) is 19.0 Å². The summed E-state index contributed by atoms with van der Waals surface area (Å²) < 4.78 is 32.7. The average Bonchev–Trinajstić information content (AvgIpc) is 3.29. The molecule has 33 heavy (non-hydrogen) atoms. The van der Waals surface area contributed by atoms with E-state index in [-0.39, 0.29) is 35.1 Å². The van der Waals surface area contributed by atoms with E-state index in [1.807, 2.05) is 0 Å². The van der Waals surface area contributed by atoms with Crippen molar-refractivity contribution in [3.63, 3.8) is 0 Å². The van der Waals surface area contributed by atoms with Gasteiger partial charge in [-0.2, -0.15) is 0 Å². The number of nitrogens with zero attached hydrogens (tertiary/aromatic N) is 3. The molecule has 9 heteroatoms.